The fourth-order valence-electron chi connectivity index (χ4n) is 4.69. The maximum Gasteiger partial charge on any atom is 0.408 e. The van der Waals surface area contributed by atoms with Gasteiger partial charge in [-0.3, -0.25) is 9.59 Å². The van der Waals surface area contributed by atoms with Crippen molar-refractivity contribution in [2.24, 2.45) is 29.1 Å². The van der Waals surface area contributed by atoms with Crippen molar-refractivity contribution in [3.63, 3.8) is 0 Å². The summed E-state index contributed by atoms with van der Waals surface area (Å²) in [5, 5.41) is 4.09. The van der Waals surface area contributed by atoms with Crippen molar-refractivity contribution in [2.45, 2.75) is 216 Å². The molecule has 0 aliphatic carbocycles. The molecular weight excluding hydrogens is 1020 g/mol. The zero-order valence-corrected chi connectivity index (χ0v) is 45.8. The average Bonchev–Trinajstić information content (AvgIpc) is 3.06. The molecule has 0 heterocycles. The van der Waals surface area contributed by atoms with E-state index in [1.165, 1.54) is 76.2 Å². The molecular formula is C41H79F14N5O6S3. The van der Waals surface area contributed by atoms with Crippen molar-refractivity contribution >= 4 is 43.8 Å². The standard InChI is InChI=1S/2C9H18F3NOS.C8H16F3NO2S.C8H15F2NO.C7H12F3NO/c2*1-6(2)7(9(10,11)12)13-15(14)8(3,4)5;1-5-15(13,14)12-6(7(2,3)4)8(9,10)11;1-5(2)7(8(4,9)10)11-6(3)12;1-4(2)6(7(8,9)10)11-5(3)12/h2*6-7,13H,1-5H3;6,12H,5H2,1-4H3;5,7H,1-4H3,(H,11,12);4,6H,1-3H3,(H,11,12)/t2*7-,15+;;7-;6-/m10.10/s1. The highest BCUT2D eigenvalue weighted by Gasteiger charge is 2.49. The van der Waals surface area contributed by atoms with Crippen LogP contribution in [0.2, 0.25) is 0 Å². The molecule has 0 saturated carbocycles. The van der Waals surface area contributed by atoms with E-state index in [2.05, 4.69) is 14.8 Å². The van der Waals surface area contributed by atoms with Gasteiger partial charge in [-0.15, -0.1) is 0 Å². The van der Waals surface area contributed by atoms with Crippen molar-refractivity contribution in [1.82, 2.24) is 24.8 Å². The van der Waals surface area contributed by atoms with Gasteiger partial charge in [0.15, 0.2) is 0 Å². The molecule has 0 radical (unpaired) electrons. The molecule has 0 aromatic carbocycles. The van der Waals surface area contributed by atoms with Gasteiger partial charge in [-0.1, -0.05) is 76.2 Å². The minimum atomic E-state index is -4.58. The molecule has 0 spiro atoms. The number of halogens is 14. The Morgan fingerprint density at radius 3 is 0.826 bits per heavy atom. The van der Waals surface area contributed by atoms with Gasteiger partial charge in [0.05, 0.1) is 43.3 Å². The number of alkyl halides is 14. The van der Waals surface area contributed by atoms with Gasteiger partial charge in [-0.05, 0) is 77.6 Å². The van der Waals surface area contributed by atoms with Crippen LogP contribution in [0.4, 0.5) is 61.5 Å². The molecule has 420 valence electrons. The summed E-state index contributed by atoms with van der Waals surface area (Å²) in [5.74, 6) is -6.51. The number of rotatable bonds is 14. The molecule has 0 rings (SSSR count). The number of sulfonamides is 1. The molecule has 0 bridgehead atoms. The Labute approximate surface area is 406 Å². The third-order valence-corrected chi connectivity index (χ3v) is 13.0. The quantitative estimate of drug-likeness (QED) is 0.109. The summed E-state index contributed by atoms with van der Waals surface area (Å²) in [6.45, 7) is 30.1. The van der Waals surface area contributed by atoms with Gasteiger partial charge in [0.1, 0.15) is 24.2 Å². The van der Waals surface area contributed by atoms with E-state index in [9.17, 15) is 87.9 Å². The molecule has 0 fully saturated rings. The summed E-state index contributed by atoms with van der Waals surface area (Å²) in [4.78, 5) is 21.0. The molecule has 0 aromatic rings. The lowest BCUT2D eigenvalue weighted by Gasteiger charge is -2.32. The van der Waals surface area contributed by atoms with Crippen molar-refractivity contribution < 1.29 is 87.9 Å². The van der Waals surface area contributed by atoms with Crippen LogP contribution in [0.1, 0.15) is 145 Å². The summed E-state index contributed by atoms with van der Waals surface area (Å²) in [5.41, 5.74) is -1.21. The zero-order valence-electron chi connectivity index (χ0n) is 43.4. The number of amides is 2. The molecule has 0 aliphatic heterocycles. The Balaban J connectivity index is -0.000000248. The molecule has 5 N–H and O–H groups in total. The Kier molecular flexibility index (Phi) is 32.7. The van der Waals surface area contributed by atoms with Crippen LogP contribution in [0.5, 0.6) is 0 Å². The highest BCUT2D eigenvalue weighted by molar-refractivity contribution is 7.89. The fraction of sp³-hybridized carbons (Fsp3) is 0.951. The van der Waals surface area contributed by atoms with Gasteiger partial charge < -0.3 is 10.6 Å². The summed E-state index contributed by atoms with van der Waals surface area (Å²) in [7, 11) is -7.26. The number of carbonyl (C=O) groups is 2. The molecule has 0 aromatic heterocycles. The second-order valence-electron chi connectivity index (χ2n) is 20.2. The molecule has 2 amide bonds. The summed E-state index contributed by atoms with van der Waals surface area (Å²) in [6.07, 6.45) is -17.7. The molecule has 0 aliphatic rings. The van der Waals surface area contributed by atoms with Crippen molar-refractivity contribution in [1.29, 1.82) is 0 Å². The maximum absolute atomic E-state index is 12.8. The monoisotopic (exact) mass is 1100 g/mol. The highest BCUT2D eigenvalue weighted by Crippen LogP contribution is 2.34. The fourth-order valence-corrected chi connectivity index (χ4v) is 7.68. The molecule has 7 atom stereocenters. The number of hydrogen-bond donors (Lipinski definition) is 5. The van der Waals surface area contributed by atoms with Crippen LogP contribution in [0.25, 0.3) is 0 Å². The molecule has 0 saturated heterocycles. The van der Waals surface area contributed by atoms with Gasteiger partial charge in [0, 0.05) is 20.8 Å². The van der Waals surface area contributed by atoms with Crippen LogP contribution >= 0.6 is 0 Å². The molecule has 11 nitrogen and oxygen atoms in total. The van der Waals surface area contributed by atoms with Crippen LogP contribution in [-0.4, -0.2) is 105 Å². The number of nitrogens with one attached hydrogen (secondary N) is 5. The van der Waals surface area contributed by atoms with E-state index in [-0.39, 0.29) is 11.7 Å². The lowest BCUT2D eigenvalue weighted by Crippen LogP contribution is -2.53. The second-order valence-corrected chi connectivity index (χ2v) is 26.3. The van der Waals surface area contributed by atoms with E-state index in [0.29, 0.717) is 0 Å². The third kappa shape index (κ3) is 36.6. The largest absolute Gasteiger partial charge is 0.408 e. The van der Waals surface area contributed by atoms with Crippen molar-refractivity contribution in [3.05, 3.63) is 0 Å². The average molecular weight is 1100 g/mol. The highest BCUT2D eigenvalue weighted by atomic mass is 32.2. The predicted molar refractivity (Wildman–Crippen MR) is 245 cm³/mol. The first-order valence-electron chi connectivity index (χ1n) is 21.4. The summed E-state index contributed by atoms with van der Waals surface area (Å²) < 4.78 is 225. The zero-order chi connectivity index (χ0) is 57.2. The minimum Gasteiger partial charge on any atom is -0.347 e. The van der Waals surface area contributed by atoms with Crippen molar-refractivity contribution in [3.8, 4) is 0 Å². The maximum atomic E-state index is 12.8. The first-order chi connectivity index (χ1) is 29.8. The van der Waals surface area contributed by atoms with E-state index in [1.807, 2.05) is 5.32 Å². The molecule has 28 heteroatoms. The van der Waals surface area contributed by atoms with Crippen LogP contribution in [0.3, 0.4) is 0 Å². The number of carbonyl (C=O) groups excluding carboxylic acids is 2. The normalized spacial score (nSPS) is 16.4. The van der Waals surface area contributed by atoms with Crippen LogP contribution in [0.15, 0.2) is 0 Å². The van der Waals surface area contributed by atoms with Gasteiger partial charge in [0.2, 0.25) is 21.8 Å². The Morgan fingerprint density at radius 2 is 0.710 bits per heavy atom. The molecule has 69 heavy (non-hydrogen) atoms. The lowest BCUT2D eigenvalue weighted by molar-refractivity contribution is -0.172. The Bertz CT molecular complexity index is 1550. The van der Waals surface area contributed by atoms with E-state index >= 15 is 0 Å². The topological polar surface area (TPSA) is 163 Å². The van der Waals surface area contributed by atoms with Crippen LogP contribution in [0, 0.1) is 29.1 Å². The third-order valence-electron chi connectivity index (χ3n) is 8.44. The molecule has 1 unspecified atom stereocenters. The smallest absolute Gasteiger partial charge is 0.347 e. The van der Waals surface area contributed by atoms with Gasteiger partial charge in [-0.2, -0.15) is 52.7 Å². The van der Waals surface area contributed by atoms with Gasteiger partial charge in [0.25, 0.3) is 5.92 Å². The van der Waals surface area contributed by atoms with E-state index in [4.69, 9.17) is 0 Å². The predicted octanol–water partition coefficient (Wildman–Crippen LogP) is 10.7. The minimum absolute atomic E-state index is 0.270. The van der Waals surface area contributed by atoms with Gasteiger partial charge >= 0.3 is 24.7 Å². The first kappa shape index (κ1) is 76.0. The Morgan fingerprint density at radius 1 is 0.464 bits per heavy atom. The summed E-state index contributed by atoms with van der Waals surface area (Å²) >= 11 is 0. The van der Waals surface area contributed by atoms with E-state index in [1.54, 1.807) is 60.1 Å². The first-order valence-corrected chi connectivity index (χ1v) is 25.3. The Hall–Kier alpha value is -1.91. The number of hydrogen-bond acceptors (Lipinski definition) is 6. The second kappa shape index (κ2) is 29.7. The van der Waals surface area contributed by atoms with E-state index < -0.39 is 137 Å². The van der Waals surface area contributed by atoms with E-state index in [0.717, 1.165) is 13.8 Å². The van der Waals surface area contributed by atoms with Gasteiger partial charge in [-0.25, -0.2) is 39.8 Å². The lowest BCUT2D eigenvalue weighted by atomic mass is 9.87. The van der Waals surface area contributed by atoms with Crippen molar-refractivity contribution in [2.75, 3.05) is 5.75 Å². The summed E-state index contributed by atoms with van der Waals surface area (Å²) in [6, 6.07) is -8.32. The van der Waals surface area contributed by atoms with Crippen LogP contribution in [-0.2, 0) is 41.6 Å². The van der Waals surface area contributed by atoms with Crippen LogP contribution < -0.4 is 24.8 Å². The SMILES string of the molecule is CC(=O)N[C@@H](C(C)C)C(F)(F)F.CC(=O)N[C@H](C(C)C)C(C)(F)F.CC(C)[C@@H](N[S@@](=O)C(C)(C)C)C(F)(F)F.CC(C)[C@H](N[S@](=O)C(C)(C)C)C(F)(F)F.CCS(=O)(=O)NC(C(C)(C)C)C(F)(F)F.